The van der Waals surface area contributed by atoms with E-state index in [1.54, 1.807) is 19.4 Å². The topological polar surface area (TPSA) is 47.8 Å². The average molecular weight is 254 g/mol. The van der Waals surface area contributed by atoms with Crippen LogP contribution in [0, 0.1) is 0 Å². The first kappa shape index (κ1) is 11.2. The van der Waals surface area contributed by atoms with Crippen molar-refractivity contribution in [3.8, 4) is 0 Å². The van der Waals surface area contributed by atoms with Crippen LogP contribution in [0.5, 0.6) is 0 Å². The summed E-state index contributed by atoms with van der Waals surface area (Å²) in [5.74, 6) is 0. The first-order valence-corrected chi connectivity index (χ1v) is 5.67. The van der Waals surface area contributed by atoms with E-state index < -0.39 is 0 Å². The molecule has 16 heavy (non-hydrogen) atoms. The van der Waals surface area contributed by atoms with Gasteiger partial charge in [-0.15, -0.1) is 0 Å². The minimum Gasteiger partial charge on any atom is -0.289 e. The minimum absolute atomic E-state index is 0.126. The Bertz CT molecular complexity index is 556. The molecule has 0 fully saturated rings. The van der Waals surface area contributed by atoms with Crippen LogP contribution in [-0.4, -0.2) is 14.5 Å². The van der Waals surface area contributed by atoms with Crippen molar-refractivity contribution < 1.29 is 0 Å². The molecule has 0 saturated carbocycles. The van der Waals surface area contributed by atoms with Crippen LogP contribution in [0.15, 0.2) is 45.6 Å². The van der Waals surface area contributed by atoms with Gasteiger partial charge in [-0.1, -0.05) is 23.4 Å². The summed E-state index contributed by atoms with van der Waals surface area (Å²) in [7, 11) is 1.64. The SMILES string of the molecule is Cn1c(Sc2ccncc2)ncc(Cl)c1=O. The summed E-state index contributed by atoms with van der Waals surface area (Å²) >= 11 is 7.06. The van der Waals surface area contributed by atoms with Crippen LogP contribution >= 0.6 is 23.4 Å². The highest BCUT2D eigenvalue weighted by molar-refractivity contribution is 7.99. The van der Waals surface area contributed by atoms with Gasteiger partial charge in [-0.05, 0) is 12.1 Å². The molecule has 0 radical (unpaired) electrons. The summed E-state index contributed by atoms with van der Waals surface area (Å²) in [6.07, 6.45) is 4.75. The van der Waals surface area contributed by atoms with Gasteiger partial charge in [0.25, 0.3) is 5.56 Å². The second-order valence-corrected chi connectivity index (χ2v) is 4.49. The zero-order chi connectivity index (χ0) is 11.5. The Balaban J connectivity index is 2.37. The number of hydrogen-bond donors (Lipinski definition) is 0. The van der Waals surface area contributed by atoms with Crippen LogP contribution in [0.25, 0.3) is 0 Å². The molecule has 0 unspecified atom stereocenters. The molecule has 0 amide bonds. The molecule has 0 spiro atoms. The first-order valence-electron chi connectivity index (χ1n) is 4.48. The monoisotopic (exact) mass is 253 g/mol. The van der Waals surface area contributed by atoms with E-state index in [2.05, 4.69) is 9.97 Å². The lowest BCUT2D eigenvalue weighted by atomic mass is 10.5. The van der Waals surface area contributed by atoms with Crippen LogP contribution in [0.2, 0.25) is 5.02 Å². The van der Waals surface area contributed by atoms with Crippen molar-refractivity contribution in [1.82, 2.24) is 14.5 Å². The van der Waals surface area contributed by atoms with Crippen molar-refractivity contribution in [3.63, 3.8) is 0 Å². The maximum atomic E-state index is 11.5. The van der Waals surface area contributed by atoms with Gasteiger partial charge in [0.05, 0.1) is 6.20 Å². The summed E-state index contributed by atoms with van der Waals surface area (Å²) in [5, 5.41) is 0.724. The van der Waals surface area contributed by atoms with Crippen molar-refractivity contribution in [1.29, 1.82) is 0 Å². The van der Waals surface area contributed by atoms with E-state index in [1.165, 1.54) is 22.5 Å². The van der Waals surface area contributed by atoms with Crippen molar-refractivity contribution in [2.24, 2.45) is 7.05 Å². The molecule has 2 rings (SSSR count). The fourth-order valence-corrected chi connectivity index (χ4v) is 2.08. The fraction of sp³-hybridized carbons (Fsp3) is 0.100. The molecule has 0 aliphatic rings. The molecule has 4 nitrogen and oxygen atoms in total. The van der Waals surface area contributed by atoms with Crippen LogP contribution < -0.4 is 5.56 Å². The van der Waals surface area contributed by atoms with Gasteiger partial charge in [0.15, 0.2) is 5.16 Å². The Morgan fingerprint density at radius 3 is 2.75 bits per heavy atom. The van der Waals surface area contributed by atoms with Gasteiger partial charge in [-0.25, -0.2) is 4.98 Å². The number of aromatic nitrogens is 3. The Morgan fingerprint density at radius 1 is 1.38 bits per heavy atom. The Kier molecular flexibility index (Phi) is 3.26. The molecular formula is C10H8ClN3OS. The highest BCUT2D eigenvalue weighted by atomic mass is 35.5. The van der Waals surface area contributed by atoms with Crippen molar-refractivity contribution >= 4 is 23.4 Å². The lowest BCUT2D eigenvalue weighted by Gasteiger charge is -2.05. The minimum atomic E-state index is -0.242. The molecule has 0 saturated heterocycles. The van der Waals surface area contributed by atoms with E-state index in [0.29, 0.717) is 5.16 Å². The number of hydrogen-bond acceptors (Lipinski definition) is 4. The van der Waals surface area contributed by atoms with Crippen molar-refractivity contribution in [3.05, 3.63) is 46.1 Å². The molecule has 6 heteroatoms. The molecule has 0 aromatic carbocycles. The van der Waals surface area contributed by atoms with Gasteiger partial charge >= 0.3 is 0 Å². The van der Waals surface area contributed by atoms with E-state index in [-0.39, 0.29) is 10.6 Å². The van der Waals surface area contributed by atoms with E-state index >= 15 is 0 Å². The van der Waals surface area contributed by atoms with Gasteiger partial charge in [0.2, 0.25) is 0 Å². The molecule has 2 heterocycles. The van der Waals surface area contributed by atoms with E-state index in [4.69, 9.17) is 11.6 Å². The maximum Gasteiger partial charge on any atom is 0.272 e. The lowest BCUT2D eigenvalue weighted by Crippen LogP contribution is -2.19. The largest absolute Gasteiger partial charge is 0.289 e. The van der Waals surface area contributed by atoms with Gasteiger partial charge in [0, 0.05) is 24.3 Å². The standard InChI is InChI=1S/C10H8ClN3OS/c1-14-9(15)8(11)6-13-10(14)16-7-2-4-12-5-3-7/h2-6H,1H3. The van der Waals surface area contributed by atoms with Crippen LogP contribution in [0.1, 0.15) is 0 Å². The van der Waals surface area contributed by atoms with E-state index in [0.717, 1.165) is 4.90 Å². The molecule has 2 aromatic heterocycles. The Morgan fingerprint density at radius 2 is 2.06 bits per heavy atom. The summed E-state index contributed by atoms with van der Waals surface area (Å²) in [5.41, 5.74) is -0.242. The Hall–Kier alpha value is -1.33. The predicted octanol–water partition coefficient (Wildman–Crippen LogP) is 1.98. The Labute approximate surface area is 101 Å². The van der Waals surface area contributed by atoms with Crippen molar-refractivity contribution in [2.45, 2.75) is 10.1 Å². The van der Waals surface area contributed by atoms with Gasteiger partial charge < -0.3 is 0 Å². The normalized spacial score (nSPS) is 10.4. The molecule has 0 atom stereocenters. The zero-order valence-corrected chi connectivity index (χ0v) is 10.00. The molecule has 2 aromatic rings. The van der Waals surface area contributed by atoms with E-state index in [9.17, 15) is 4.79 Å². The summed E-state index contributed by atoms with van der Waals surface area (Å²) in [4.78, 5) is 20.5. The van der Waals surface area contributed by atoms with Crippen molar-refractivity contribution in [2.75, 3.05) is 0 Å². The van der Waals surface area contributed by atoms with Crippen LogP contribution in [0.4, 0.5) is 0 Å². The highest BCUT2D eigenvalue weighted by Crippen LogP contribution is 2.23. The smallest absolute Gasteiger partial charge is 0.272 e. The number of nitrogens with zero attached hydrogens (tertiary/aromatic N) is 3. The molecular weight excluding hydrogens is 246 g/mol. The molecule has 0 N–H and O–H groups in total. The number of pyridine rings is 1. The molecule has 0 aliphatic heterocycles. The highest BCUT2D eigenvalue weighted by Gasteiger charge is 2.06. The van der Waals surface area contributed by atoms with Crippen LogP contribution in [0.3, 0.4) is 0 Å². The summed E-state index contributed by atoms with van der Waals surface area (Å²) in [6.45, 7) is 0. The molecule has 82 valence electrons. The second kappa shape index (κ2) is 4.67. The molecule has 0 bridgehead atoms. The third kappa shape index (κ3) is 2.25. The second-order valence-electron chi connectivity index (χ2n) is 3.04. The van der Waals surface area contributed by atoms with Gasteiger partial charge in [-0.2, -0.15) is 0 Å². The predicted molar refractivity (Wildman–Crippen MR) is 62.8 cm³/mol. The zero-order valence-electron chi connectivity index (χ0n) is 8.42. The summed E-state index contributed by atoms with van der Waals surface area (Å²) in [6, 6.07) is 3.71. The molecule has 0 aliphatic carbocycles. The lowest BCUT2D eigenvalue weighted by molar-refractivity contribution is 0.709. The third-order valence-corrected chi connectivity index (χ3v) is 3.27. The number of halogens is 1. The average Bonchev–Trinajstić information content (AvgIpc) is 2.31. The number of rotatable bonds is 2. The fourth-order valence-electron chi connectivity index (χ4n) is 1.11. The quantitative estimate of drug-likeness (QED) is 0.768. The van der Waals surface area contributed by atoms with Crippen LogP contribution in [-0.2, 0) is 7.05 Å². The third-order valence-electron chi connectivity index (χ3n) is 1.94. The first-order chi connectivity index (χ1) is 7.68. The summed E-state index contributed by atoms with van der Waals surface area (Å²) < 4.78 is 1.42. The van der Waals surface area contributed by atoms with E-state index in [1.807, 2.05) is 12.1 Å². The maximum absolute atomic E-state index is 11.5. The van der Waals surface area contributed by atoms with Gasteiger partial charge in [-0.3, -0.25) is 14.3 Å². The van der Waals surface area contributed by atoms with Gasteiger partial charge in [0.1, 0.15) is 5.02 Å².